The van der Waals surface area contributed by atoms with Gasteiger partial charge < -0.3 is 20.1 Å². The summed E-state index contributed by atoms with van der Waals surface area (Å²) in [7, 11) is 0. The molecule has 5 nitrogen and oxygen atoms in total. The fourth-order valence-electron chi connectivity index (χ4n) is 3.01. The van der Waals surface area contributed by atoms with Gasteiger partial charge in [0.2, 0.25) is 0 Å². The van der Waals surface area contributed by atoms with E-state index in [0.717, 1.165) is 45.6 Å². The van der Waals surface area contributed by atoms with Gasteiger partial charge in [0.25, 0.3) is 0 Å². The zero-order valence-corrected chi connectivity index (χ0v) is 10.2. The molecule has 0 spiro atoms. The predicted octanol–water partition coefficient (Wildman–Crippen LogP) is 0.343. The van der Waals surface area contributed by atoms with Crippen LogP contribution in [0.3, 0.4) is 0 Å². The van der Waals surface area contributed by atoms with E-state index in [1.54, 1.807) is 0 Å². The van der Waals surface area contributed by atoms with Crippen LogP contribution in [0.4, 0.5) is 0 Å². The molecule has 2 N–H and O–H groups in total. The SMILES string of the molecule is NC1=NCC(C2CCCO2)N1CC1CCCO1. The monoisotopic (exact) mass is 239 g/mol. The van der Waals surface area contributed by atoms with Crippen LogP contribution in [0.5, 0.6) is 0 Å². The molecule has 3 aliphatic rings. The summed E-state index contributed by atoms with van der Waals surface area (Å²) in [6, 6.07) is 0.335. The first kappa shape index (κ1) is 11.3. The molecule has 0 saturated carbocycles. The zero-order valence-electron chi connectivity index (χ0n) is 10.2. The van der Waals surface area contributed by atoms with E-state index in [4.69, 9.17) is 15.2 Å². The Bertz CT molecular complexity index is 296. The van der Waals surface area contributed by atoms with Crippen LogP contribution in [0.2, 0.25) is 0 Å². The number of guanidine groups is 1. The highest BCUT2D eigenvalue weighted by Crippen LogP contribution is 2.24. The Morgan fingerprint density at radius 3 is 2.76 bits per heavy atom. The summed E-state index contributed by atoms with van der Waals surface area (Å²) in [5.74, 6) is 0.668. The number of aliphatic imine (C=N–C) groups is 1. The Hall–Kier alpha value is -0.810. The second-order valence-corrected chi connectivity index (χ2v) is 5.11. The van der Waals surface area contributed by atoms with E-state index in [-0.39, 0.29) is 0 Å². The minimum absolute atomic E-state index is 0.307. The number of nitrogens with two attached hydrogens (primary N) is 1. The van der Waals surface area contributed by atoms with E-state index in [1.165, 1.54) is 6.42 Å². The molecule has 0 aromatic heterocycles. The van der Waals surface area contributed by atoms with Crippen LogP contribution in [0.25, 0.3) is 0 Å². The normalized spacial score (nSPS) is 37.8. The summed E-state index contributed by atoms with van der Waals surface area (Å²) < 4.78 is 11.4. The summed E-state index contributed by atoms with van der Waals surface area (Å²) in [6.07, 6.45) is 5.24. The average Bonchev–Trinajstić information content (AvgIpc) is 3.03. The number of nitrogens with zero attached hydrogens (tertiary/aromatic N) is 2. The molecule has 96 valence electrons. The van der Waals surface area contributed by atoms with Gasteiger partial charge in [0.05, 0.1) is 24.8 Å². The van der Waals surface area contributed by atoms with E-state index in [2.05, 4.69) is 9.89 Å². The maximum atomic E-state index is 5.98. The van der Waals surface area contributed by atoms with Crippen molar-refractivity contribution in [2.24, 2.45) is 10.7 Å². The molecular formula is C12H21N3O2. The number of rotatable bonds is 3. The topological polar surface area (TPSA) is 60.1 Å². The molecular weight excluding hydrogens is 218 g/mol. The van der Waals surface area contributed by atoms with Crippen LogP contribution >= 0.6 is 0 Å². The van der Waals surface area contributed by atoms with Crippen molar-refractivity contribution in [3.63, 3.8) is 0 Å². The van der Waals surface area contributed by atoms with Crippen molar-refractivity contribution in [1.82, 2.24) is 4.90 Å². The van der Waals surface area contributed by atoms with Crippen LogP contribution < -0.4 is 5.73 Å². The minimum atomic E-state index is 0.307. The maximum Gasteiger partial charge on any atom is 0.191 e. The molecule has 0 radical (unpaired) electrons. The molecule has 17 heavy (non-hydrogen) atoms. The van der Waals surface area contributed by atoms with Gasteiger partial charge in [-0.15, -0.1) is 0 Å². The Morgan fingerprint density at radius 2 is 2.06 bits per heavy atom. The Balaban J connectivity index is 1.63. The second kappa shape index (κ2) is 4.82. The van der Waals surface area contributed by atoms with Gasteiger partial charge in [-0.2, -0.15) is 0 Å². The third-order valence-corrected chi connectivity index (χ3v) is 3.95. The molecule has 3 rings (SSSR count). The van der Waals surface area contributed by atoms with Crippen molar-refractivity contribution in [3.8, 4) is 0 Å². The van der Waals surface area contributed by atoms with E-state index in [1.807, 2.05) is 0 Å². The lowest BCUT2D eigenvalue weighted by Gasteiger charge is -2.31. The van der Waals surface area contributed by atoms with Crippen LogP contribution in [-0.4, -0.2) is 55.4 Å². The van der Waals surface area contributed by atoms with Crippen molar-refractivity contribution in [2.75, 3.05) is 26.3 Å². The minimum Gasteiger partial charge on any atom is -0.376 e. The fraction of sp³-hybridized carbons (Fsp3) is 0.917. The van der Waals surface area contributed by atoms with Crippen molar-refractivity contribution in [3.05, 3.63) is 0 Å². The van der Waals surface area contributed by atoms with Gasteiger partial charge in [-0.3, -0.25) is 4.99 Å². The Labute approximate surface area is 102 Å². The molecule has 0 aromatic rings. The third-order valence-electron chi connectivity index (χ3n) is 3.95. The summed E-state index contributed by atoms with van der Waals surface area (Å²) >= 11 is 0. The molecule has 3 aliphatic heterocycles. The smallest absolute Gasteiger partial charge is 0.191 e. The standard InChI is InChI=1S/C12H21N3O2/c13-12-14-7-10(11-4-2-6-17-11)15(12)8-9-3-1-5-16-9/h9-11H,1-8H2,(H2,13,14). The average molecular weight is 239 g/mol. The summed E-state index contributed by atoms with van der Waals surface area (Å²) in [6.45, 7) is 3.43. The predicted molar refractivity (Wildman–Crippen MR) is 64.9 cm³/mol. The second-order valence-electron chi connectivity index (χ2n) is 5.11. The largest absolute Gasteiger partial charge is 0.376 e. The molecule has 0 aromatic carbocycles. The quantitative estimate of drug-likeness (QED) is 0.771. The summed E-state index contributed by atoms with van der Waals surface area (Å²) in [4.78, 5) is 6.57. The molecule has 0 bridgehead atoms. The van der Waals surface area contributed by atoms with Gasteiger partial charge in [-0.25, -0.2) is 0 Å². The maximum absolute atomic E-state index is 5.98. The van der Waals surface area contributed by atoms with Crippen molar-refractivity contribution < 1.29 is 9.47 Å². The number of ether oxygens (including phenoxy) is 2. The molecule has 5 heteroatoms. The van der Waals surface area contributed by atoms with Crippen molar-refractivity contribution in [2.45, 2.75) is 43.9 Å². The molecule has 2 fully saturated rings. The van der Waals surface area contributed by atoms with Gasteiger partial charge in [0.15, 0.2) is 5.96 Å². The lowest BCUT2D eigenvalue weighted by Crippen LogP contribution is -2.49. The first-order valence-corrected chi connectivity index (χ1v) is 6.64. The van der Waals surface area contributed by atoms with Crippen molar-refractivity contribution >= 4 is 5.96 Å². The first-order valence-electron chi connectivity index (χ1n) is 6.64. The van der Waals surface area contributed by atoms with Gasteiger partial charge in [-0.05, 0) is 25.7 Å². The van der Waals surface area contributed by atoms with Crippen LogP contribution in [0, 0.1) is 0 Å². The summed E-state index contributed by atoms with van der Waals surface area (Å²) in [5.41, 5.74) is 5.98. The highest BCUT2D eigenvalue weighted by molar-refractivity contribution is 5.80. The highest BCUT2D eigenvalue weighted by atomic mass is 16.5. The lowest BCUT2D eigenvalue weighted by atomic mass is 10.1. The van der Waals surface area contributed by atoms with E-state index in [9.17, 15) is 0 Å². The van der Waals surface area contributed by atoms with E-state index in [0.29, 0.717) is 24.2 Å². The zero-order chi connectivity index (χ0) is 11.7. The third kappa shape index (κ3) is 2.26. The van der Waals surface area contributed by atoms with Crippen LogP contribution in [0.1, 0.15) is 25.7 Å². The molecule has 3 heterocycles. The molecule has 3 unspecified atom stereocenters. The molecule has 3 atom stereocenters. The van der Waals surface area contributed by atoms with Crippen LogP contribution in [-0.2, 0) is 9.47 Å². The number of hydrogen-bond acceptors (Lipinski definition) is 5. The van der Waals surface area contributed by atoms with Crippen LogP contribution in [0.15, 0.2) is 4.99 Å². The highest BCUT2D eigenvalue weighted by Gasteiger charge is 2.36. The lowest BCUT2D eigenvalue weighted by molar-refractivity contribution is 0.0342. The molecule has 2 saturated heterocycles. The summed E-state index contributed by atoms with van der Waals surface area (Å²) in [5, 5.41) is 0. The Morgan fingerprint density at radius 1 is 1.24 bits per heavy atom. The number of hydrogen-bond donors (Lipinski definition) is 1. The first-order chi connectivity index (χ1) is 8.34. The Kier molecular flexibility index (Phi) is 3.20. The van der Waals surface area contributed by atoms with Gasteiger partial charge >= 0.3 is 0 Å². The van der Waals surface area contributed by atoms with Crippen molar-refractivity contribution in [1.29, 1.82) is 0 Å². The fourth-order valence-corrected chi connectivity index (χ4v) is 3.01. The van der Waals surface area contributed by atoms with E-state index >= 15 is 0 Å². The van der Waals surface area contributed by atoms with Gasteiger partial charge in [0, 0.05) is 19.8 Å². The molecule has 0 aliphatic carbocycles. The van der Waals surface area contributed by atoms with Gasteiger partial charge in [0.1, 0.15) is 0 Å². The van der Waals surface area contributed by atoms with Gasteiger partial charge in [-0.1, -0.05) is 0 Å². The van der Waals surface area contributed by atoms with E-state index < -0.39 is 0 Å². The molecule has 0 amide bonds.